The summed E-state index contributed by atoms with van der Waals surface area (Å²) in [6, 6.07) is -0.0207. The van der Waals surface area contributed by atoms with E-state index in [1.54, 1.807) is 4.68 Å². The first-order valence-electron chi connectivity index (χ1n) is 7.88. The van der Waals surface area contributed by atoms with Gasteiger partial charge in [-0.05, 0) is 32.6 Å². The predicted molar refractivity (Wildman–Crippen MR) is 81.0 cm³/mol. The average molecular weight is 305 g/mol. The number of nitrogens with one attached hydrogen (secondary N) is 1. The Kier molecular flexibility index (Phi) is 4.47. The molecule has 6 heteroatoms. The fraction of sp³-hybridized carbons (Fsp3) is 0.625. The van der Waals surface area contributed by atoms with Crippen LogP contribution in [0.15, 0.2) is 23.7 Å². The molecule has 1 N–H and O–H groups in total. The number of allylic oxidation sites excluding steroid dienone is 1. The molecule has 0 aromatic carbocycles. The van der Waals surface area contributed by atoms with Crippen molar-refractivity contribution >= 4 is 5.91 Å². The molecule has 0 radical (unpaired) electrons. The van der Waals surface area contributed by atoms with Crippen molar-refractivity contribution in [2.45, 2.75) is 44.8 Å². The van der Waals surface area contributed by atoms with E-state index >= 15 is 0 Å². The standard InChI is InChI=1S/C16H23N3O3/c1-11-13(5-3-7-21-11)16(20)18-14-6-4-8-22-15(14)12-9-17-19(2)10-12/h9-10,14-15H,3-8H2,1-2H3,(H,18,20)/t14-,15+/m0/s1. The minimum absolute atomic E-state index is 0.0207. The van der Waals surface area contributed by atoms with Crippen molar-refractivity contribution in [2.75, 3.05) is 13.2 Å². The summed E-state index contributed by atoms with van der Waals surface area (Å²) in [4.78, 5) is 12.5. The molecule has 1 saturated heterocycles. The zero-order valence-electron chi connectivity index (χ0n) is 13.2. The summed E-state index contributed by atoms with van der Waals surface area (Å²) in [6.07, 6.45) is 7.18. The van der Waals surface area contributed by atoms with Crippen molar-refractivity contribution in [3.63, 3.8) is 0 Å². The summed E-state index contributed by atoms with van der Waals surface area (Å²) in [5.41, 5.74) is 1.78. The second-order valence-corrected chi connectivity index (χ2v) is 5.95. The van der Waals surface area contributed by atoms with E-state index in [9.17, 15) is 4.79 Å². The van der Waals surface area contributed by atoms with Crippen molar-refractivity contribution in [2.24, 2.45) is 7.05 Å². The molecule has 120 valence electrons. The summed E-state index contributed by atoms with van der Waals surface area (Å²) in [7, 11) is 1.88. The predicted octanol–water partition coefficient (Wildman–Crippen LogP) is 1.84. The molecule has 0 saturated carbocycles. The molecule has 0 unspecified atom stereocenters. The zero-order valence-corrected chi connectivity index (χ0v) is 13.2. The third kappa shape index (κ3) is 3.16. The van der Waals surface area contributed by atoms with Gasteiger partial charge in [0.25, 0.3) is 5.91 Å². The lowest BCUT2D eigenvalue weighted by Gasteiger charge is -2.32. The molecule has 22 heavy (non-hydrogen) atoms. The Hall–Kier alpha value is -1.82. The van der Waals surface area contributed by atoms with E-state index in [1.165, 1.54) is 0 Å². The van der Waals surface area contributed by atoms with Gasteiger partial charge in [-0.15, -0.1) is 0 Å². The molecule has 2 atom stereocenters. The third-order valence-corrected chi connectivity index (χ3v) is 4.28. The fourth-order valence-electron chi connectivity index (χ4n) is 3.11. The van der Waals surface area contributed by atoms with Crippen LogP contribution in [-0.4, -0.2) is 34.9 Å². The largest absolute Gasteiger partial charge is 0.498 e. The number of aryl methyl sites for hydroxylation is 1. The smallest absolute Gasteiger partial charge is 0.250 e. The minimum Gasteiger partial charge on any atom is -0.498 e. The quantitative estimate of drug-likeness (QED) is 0.925. The van der Waals surface area contributed by atoms with Crippen LogP contribution in [0.1, 0.15) is 44.3 Å². The van der Waals surface area contributed by atoms with Crippen molar-refractivity contribution in [1.29, 1.82) is 0 Å². The van der Waals surface area contributed by atoms with E-state index in [0.29, 0.717) is 6.61 Å². The van der Waals surface area contributed by atoms with Crippen molar-refractivity contribution in [1.82, 2.24) is 15.1 Å². The first kappa shape index (κ1) is 15.1. The monoisotopic (exact) mass is 305 g/mol. The Morgan fingerprint density at radius 3 is 3.00 bits per heavy atom. The maximum atomic E-state index is 12.5. The van der Waals surface area contributed by atoms with Crippen LogP contribution in [-0.2, 0) is 21.3 Å². The summed E-state index contributed by atoms with van der Waals surface area (Å²) < 4.78 is 13.1. The van der Waals surface area contributed by atoms with Crippen LogP contribution in [0.5, 0.6) is 0 Å². The van der Waals surface area contributed by atoms with Gasteiger partial charge in [0.05, 0.1) is 24.4 Å². The van der Waals surface area contributed by atoms with Gasteiger partial charge in [-0.1, -0.05) is 0 Å². The van der Waals surface area contributed by atoms with E-state index < -0.39 is 0 Å². The number of hydrogen-bond donors (Lipinski definition) is 1. The lowest BCUT2D eigenvalue weighted by molar-refractivity contribution is -0.121. The maximum absolute atomic E-state index is 12.5. The van der Waals surface area contributed by atoms with Crippen LogP contribution in [0.2, 0.25) is 0 Å². The van der Waals surface area contributed by atoms with Crippen LogP contribution in [0, 0.1) is 0 Å². The summed E-state index contributed by atoms with van der Waals surface area (Å²) in [5.74, 6) is 0.722. The van der Waals surface area contributed by atoms with E-state index in [0.717, 1.165) is 49.2 Å². The molecule has 0 bridgehead atoms. The van der Waals surface area contributed by atoms with Gasteiger partial charge < -0.3 is 14.8 Å². The van der Waals surface area contributed by atoms with E-state index in [1.807, 2.05) is 26.4 Å². The number of ether oxygens (including phenoxy) is 2. The number of aromatic nitrogens is 2. The molecule has 1 fully saturated rings. The second-order valence-electron chi connectivity index (χ2n) is 5.95. The summed E-state index contributed by atoms with van der Waals surface area (Å²) in [6.45, 7) is 3.29. The highest BCUT2D eigenvalue weighted by molar-refractivity contribution is 5.94. The van der Waals surface area contributed by atoms with E-state index in [-0.39, 0.29) is 18.1 Å². The Labute approximate surface area is 130 Å². The molecule has 0 aliphatic carbocycles. The van der Waals surface area contributed by atoms with Crippen molar-refractivity contribution in [3.8, 4) is 0 Å². The van der Waals surface area contributed by atoms with Gasteiger partial charge in [-0.25, -0.2) is 0 Å². The van der Waals surface area contributed by atoms with Crippen LogP contribution < -0.4 is 5.32 Å². The molecule has 3 rings (SSSR count). The number of carbonyl (C=O) groups excluding carboxylic acids is 1. The highest BCUT2D eigenvalue weighted by Gasteiger charge is 2.31. The van der Waals surface area contributed by atoms with Gasteiger partial charge in [-0.2, -0.15) is 5.10 Å². The summed E-state index contributed by atoms with van der Waals surface area (Å²) >= 11 is 0. The highest BCUT2D eigenvalue weighted by atomic mass is 16.5. The molecular formula is C16H23N3O3. The first-order valence-corrected chi connectivity index (χ1v) is 7.88. The minimum atomic E-state index is -0.128. The molecule has 1 aromatic rings. The topological polar surface area (TPSA) is 65.4 Å². The Morgan fingerprint density at radius 2 is 2.27 bits per heavy atom. The lowest BCUT2D eigenvalue weighted by atomic mass is 9.97. The van der Waals surface area contributed by atoms with Gasteiger partial charge in [0.2, 0.25) is 0 Å². The number of hydrogen-bond acceptors (Lipinski definition) is 4. The maximum Gasteiger partial charge on any atom is 0.250 e. The van der Waals surface area contributed by atoms with Crippen molar-refractivity contribution < 1.29 is 14.3 Å². The molecule has 6 nitrogen and oxygen atoms in total. The van der Waals surface area contributed by atoms with Gasteiger partial charge >= 0.3 is 0 Å². The number of carbonyl (C=O) groups is 1. The van der Waals surface area contributed by atoms with Gasteiger partial charge in [0, 0.05) is 25.4 Å². The number of rotatable bonds is 3. The van der Waals surface area contributed by atoms with Crippen molar-refractivity contribution in [3.05, 3.63) is 29.3 Å². The third-order valence-electron chi connectivity index (χ3n) is 4.28. The highest BCUT2D eigenvalue weighted by Crippen LogP contribution is 2.29. The van der Waals surface area contributed by atoms with Crippen LogP contribution in [0.4, 0.5) is 0 Å². The Bertz CT molecular complexity index is 579. The molecular weight excluding hydrogens is 282 g/mol. The number of amides is 1. The molecule has 2 aliphatic rings. The summed E-state index contributed by atoms with van der Waals surface area (Å²) in [5, 5.41) is 7.34. The molecule has 1 amide bonds. The Balaban J connectivity index is 1.73. The molecule has 0 spiro atoms. The van der Waals surface area contributed by atoms with E-state index in [2.05, 4.69) is 10.4 Å². The Morgan fingerprint density at radius 1 is 1.41 bits per heavy atom. The van der Waals surface area contributed by atoms with Crippen LogP contribution in [0.25, 0.3) is 0 Å². The lowest BCUT2D eigenvalue weighted by Crippen LogP contribution is -2.43. The number of nitrogens with zero attached hydrogens (tertiary/aromatic N) is 2. The normalized spacial score (nSPS) is 25.7. The van der Waals surface area contributed by atoms with Gasteiger partial charge in [-0.3, -0.25) is 9.48 Å². The molecule has 1 aromatic heterocycles. The fourth-order valence-corrected chi connectivity index (χ4v) is 3.11. The SMILES string of the molecule is CC1=C(C(=O)N[C@H]2CCCO[C@@H]2c2cnn(C)c2)CCCO1. The average Bonchev–Trinajstić information content (AvgIpc) is 2.94. The van der Waals surface area contributed by atoms with Gasteiger partial charge in [0.15, 0.2) is 0 Å². The van der Waals surface area contributed by atoms with Crippen LogP contribution >= 0.6 is 0 Å². The first-order chi connectivity index (χ1) is 10.6. The molecule has 2 aliphatic heterocycles. The van der Waals surface area contributed by atoms with Crippen LogP contribution in [0.3, 0.4) is 0 Å². The molecule has 3 heterocycles. The zero-order chi connectivity index (χ0) is 15.5. The second kappa shape index (κ2) is 6.52. The van der Waals surface area contributed by atoms with Gasteiger partial charge in [0.1, 0.15) is 11.9 Å². The van der Waals surface area contributed by atoms with E-state index in [4.69, 9.17) is 9.47 Å².